The summed E-state index contributed by atoms with van der Waals surface area (Å²) in [4.78, 5) is 16.2. The highest BCUT2D eigenvalue weighted by molar-refractivity contribution is 6.30. The summed E-state index contributed by atoms with van der Waals surface area (Å²) in [5.41, 5.74) is 2.31. The maximum Gasteiger partial charge on any atom is 0.283 e. The second kappa shape index (κ2) is 5.64. The molecule has 0 radical (unpaired) electrons. The van der Waals surface area contributed by atoms with E-state index in [0.717, 1.165) is 11.3 Å². The molecular formula is C16H13ClN4O2. The molecule has 1 atom stereocenters. The number of hydrogen-bond donors (Lipinski definition) is 0. The molecule has 1 aliphatic heterocycles. The molecule has 0 spiro atoms. The van der Waals surface area contributed by atoms with E-state index in [9.17, 15) is 4.79 Å². The number of fused-ring (bicyclic) bond motifs is 1. The van der Waals surface area contributed by atoms with Gasteiger partial charge < -0.3 is 4.74 Å². The zero-order valence-corrected chi connectivity index (χ0v) is 12.8. The van der Waals surface area contributed by atoms with Gasteiger partial charge in [-0.2, -0.15) is 5.10 Å². The fraction of sp³-hybridized carbons (Fsp3) is 0.188. The van der Waals surface area contributed by atoms with Crippen molar-refractivity contribution in [1.82, 2.24) is 19.3 Å². The number of nitrogens with zero attached hydrogens (tertiary/aromatic N) is 4. The molecule has 0 N–H and O–H groups in total. The number of carbonyl (C=O) groups excluding carboxylic acids is 1. The third kappa shape index (κ3) is 2.67. The molecule has 1 aliphatic rings. The molecule has 2 aromatic heterocycles. The second-order valence-corrected chi connectivity index (χ2v) is 5.77. The second-order valence-electron chi connectivity index (χ2n) is 5.33. The molecule has 3 aromatic rings. The first-order valence-corrected chi connectivity index (χ1v) is 7.55. The van der Waals surface area contributed by atoms with E-state index < -0.39 is 0 Å². The van der Waals surface area contributed by atoms with Gasteiger partial charge >= 0.3 is 0 Å². The van der Waals surface area contributed by atoms with Crippen LogP contribution in [0.4, 0.5) is 0 Å². The molecule has 1 aromatic carbocycles. The van der Waals surface area contributed by atoms with E-state index in [1.165, 1.54) is 10.9 Å². The first kappa shape index (κ1) is 14.2. The number of imidazole rings is 1. The Hall–Kier alpha value is -2.44. The third-order valence-corrected chi connectivity index (χ3v) is 4.09. The first-order chi connectivity index (χ1) is 11.2. The molecular weight excluding hydrogens is 316 g/mol. The van der Waals surface area contributed by atoms with Gasteiger partial charge in [-0.15, -0.1) is 0 Å². The van der Waals surface area contributed by atoms with Gasteiger partial charge in [0.25, 0.3) is 5.91 Å². The van der Waals surface area contributed by atoms with Gasteiger partial charge in [-0.3, -0.25) is 14.0 Å². The maximum absolute atomic E-state index is 12.3. The van der Waals surface area contributed by atoms with E-state index in [-0.39, 0.29) is 12.0 Å². The lowest BCUT2D eigenvalue weighted by Crippen LogP contribution is -2.21. The molecule has 0 saturated heterocycles. The van der Waals surface area contributed by atoms with E-state index in [0.29, 0.717) is 23.9 Å². The van der Waals surface area contributed by atoms with Gasteiger partial charge in [-0.1, -0.05) is 23.7 Å². The zero-order chi connectivity index (χ0) is 15.8. The van der Waals surface area contributed by atoms with Gasteiger partial charge in [0, 0.05) is 17.4 Å². The quantitative estimate of drug-likeness (QED) is 0.725. The SMILES string of the molecule is O=C(c1cc2n(n1)CC(c1ccc(Cl)cc1)OC2)n1ccnc1. The Labute approximate surface area is 137 Å². The van der Waals surface area contributed by atoms with Gasteiger partial charge in [0.2, 0.25) is 0 Å². The van der Waals surface area contributed by atoms with Crippen molar-refractivity contribution < 1.29 is 9.53 Å². The van der Waals surface area contributed by atoms with Crippen molar-refractivity contribution in [2.45, 2.75) is 19.3 Å². The largest absolute Gasteiger partial charge is 0.365 e. The van der Waals surface area contributed by atoms with Crippen LogP contribution in [-0.2, 0) is 17.9 Å². The summed E-state index contributed by atoms with van der Waals surface area (Å²) in [6, 6.07) is 9.33. The lowest BCUT2D eigenvalue weighted by molar-refractivity contribution is -0.00119. The van der Waals surface area contributed by atoms with Crippen LogP contribution >= 0.6 is 11.6 Å². The van der Waals surface area contributed by atoms with Gasteiger partial charge in [-0.05, 0) is 23.8 Å². The van der Waals surface area contributed by atoms with E-state index in [1.54, 1.807) is 18.5 Å². The van der Waals surface area contributed by atoms with Crippen LogP contribution in [0, 0.1) is 0 Å². The monoisotopic (exact) mass is 328 g/mol. The average Bonchev–Trinajstić information content (AvgIpc) is 3.23. The molecule has 4 rings (SSSR count). The number of ether oxygens (including phenoxy) is 1. The van der Waals surface area contributed by atoms with Crippen LogP contribution in [0.15, 0.2) is 49.1 Å². The number of rotatable bonds is 2. The van der Waals surface area contributed by atoms with Crippen molar-refractivity contribution in [3.8, 4) is 0 Å². The Morgan fingerprint density at radius 3 is 2.87 bits per heavy atom. The minimum atomic E-state index is -0.201. The molecule has 0 amide bonds. The molecule has 3 heterocycles. The number of hydrogen-bond acceptors (Lipinski definition) is 4. The summed E-state index contributed by atoms with van der Waals surface area (Å²) in [6.45, 7) is 0.978. The summed E-state index contributed by atoms with van der Waals surface area (Å²) in [5.74, 6) is -0.201. The molecule has 6 nitrogen and oxygen atoms in total. The van der Waals surface area contributed by atoms with Crippen molar-refractivity contribution in [2.75, 3.05) is 0 Å². The van der Waals surface area contributed by atoms with Crippen LogP contribution in [0.5, 0.6) is 0 Å². The van der Waals surface area contributed by atoms with Crippen molar-refractivity contribution in [1.29, 1.82) is 0 Å². The van der Waals surface area contributed by atoms with E-state index in [2.05, 4.69) is 10.1 Å². The maximum atomic E-state index is 12.3. The predicted octanol–water partition coefficient (Wildman–Crippen LogP) is 2.69. The van der Waals surface area contributed by atoms with Crippen molar-refractivity contribution in [2.24, 2.45) is 0 Å². The van der Waals surface area contributed by atoms with Crippen LogP contribution < -0.4 is 0 Å². The van der Waals surface area contributed by atoms with E-state index >= 15 is 0 Å². The Bertz CT molecular complexity index is 840. The highest BCUT2D eigenvalue weighted by Crippen LogP contribution is 2.27. The fourth-order valence-corrected chi connectivity index (χ4v) is 2.75. The average molecular weight is 329 g/mol. The molecule has 23 heavy (non-hydrogen) atoms. The Kier molecular flexibility index (Phi) is 3.48. The van der Waals surface area contributed by atoms with Crippen LogP contribution in [0.1, 0.15) is 27.8 Å². The fourth-order valence-electron chi connectivity index (χ4n) is 2.62. The number of aromatic nitrogens is 4. The molecule has 0 saturated carbocycles. The van der Waals surface area contributed by atoms with Crippen molar-refractivity contribution in [3.63, 3.8) is 0 Å². The number of carbonyl (C=O) groups is 1. The van der Waals surface area contributed by atoms with Crippen molar-refractivity contribution >= 4 is 17.5 Å². The molecule has 1 unspecified atom stereocenters. The summed E-state index contributed by atoms with van der Waals surface area (Å²) >= 11 is 5.92. The molecule has 0 bridgehead atoms. The Morgan fingerprint density at radius 2 is 2.13 bits per heavy atom. The minimum Gasteiger partial charge on any atom is -0.365 e. The standard InChI is InChI=1S/C16H13ClN4O2/c17-12-3-1-11(2-4-12)15-8-21-13(9-23-15)7-14(19-21)16(22)20-6-5-18-10-20/h1-7,10,15H,8-9H2. The van der Waals surface area contributed by atoms with E-state index in [1.807, 2.05) is 28.9 Å². The van der Waals surface area contributed by atoms with Gasteiger partial charge in [0.15, 0.2) is 5.69 Å². The molecule has 0 aliphatic carbocycles. The topological polar surface area (TPSA) is 61.9 Å². The summed E-state index contributed by atoms with van der Waals surface area (Å²) < 4.78 is 9.11. The zero-order valence-electron chi connectivity index (χ0n) is 12.1. The third-order valence-electron chi connectivity index (χ3n) is 3.83. The molecule has 0 fully saturated rings. The smallest absolute Gasteiger partial charge is 0.283 e. The highest BCUT2D eigenvalue weighted by Gasteiger charge is 2.24. The summed E-state index contributed by atoms with van der Waals surface area (Å²) in [6.07, 6.45) is 4.53. The molecule has 7 heteroatoms. The lowest BCUT2D eigenvalue weighted by atomic mass is 10.1. The van der Waals surface area contributed by atoms with Gasteiger partial charge in [0.05, 0.1) is 18.8 Å². The lowest BCUT2D eigenvalue weighted by Gasteiger charge is -2.24. The molecule has 116 valence electrons. The van der Waals surface area contributed by atoms with E-state index in [4.69, 9.17) is 16.3 Å². The van der Waals surface area contributed by atoms with Crippen LogP contribution in [-0.4, -0.2) is 25.2 Å². The van der Waals surface area contributed by atoms with Gasteiger partial charge in [-0.25, -0.2) is 4.98 Å². The summed E-state index contributed by atoms with van der Waals surface area (Å²) in [5, 5.41) is 5.10. The van der Waals surface area contributed by atoms with Crippen LogP contribution in [0.3, 0.4) is 0 Å². The van der Waals surface area contributed by atoms with Crippen LogP contribution in [0.25, 0.3) is 0 Å². The van der Waals surface area contributed by atoms with Crippen LogP contribution in [0.2, 0.25) is 5.02 Å². The minimum absolute atomic E-state index is 0.101. The highest BCUT2D eigenvalue weighted by atomic mass is 35.5. The van der Waals surface area contributed by atoms with Crippen molar-refractivity contribution in [3.05, 3.63) is 71.0 Å². The summed E-state index contributed by atoms with van der Waals surface area (Å²) in [7, 11) is 0. The Morgan fingerprint density at radius 1 is 1.30 bits per heavy atom. The van der Waals surface area contributed by atoms with Gasteiger partial charge in [0.1, 0.15) is 12.4 Å². The first-order valence-electron chi connectivity index (χ1n) is 7.17. The number of benzene rings is 1. The predicted molar refractivity (Wildman–Crippen MR) is 83.2 cm³/mol. The normalized spacial score (nSPS) is 17.0. The number of halogens is 1. The Balaban J connectivity index is 1.58.